The molecule has 0 saturated heterocycles. The molecule has 0 spiro atoms. The van der Waals surface area contributed by atoms with E-state index in [9.17, 15) is 9.59 Å². The zero-order chi connectivity index (χ0) is 19.1. The largest absolute Gasteiger partial charge is 0.487 e. The number of hydrogen-bond donors (Lipinski definition) is 2. The summed E-state index contributed by atoms with van der Waals surface area (Å²) in [6, 6.07) is 14.9. The van der Waals surface area contributed by atoms with Crippen molar-refractivity contribution in [3.8, 4) is 16.9 Å². The van der Waals surface area contributed by atoms with Gasteiger partial charge in [0.2, 0.25) is 0 Å². The zero-order valence-electron chi connectivity index (χ0n) is 14.3. The van der Waals surface area contributed by atoms with E-state index in [1.54, 1.807) is 18.5 Å². The minimum atomic E-state index is -1.11. The summed E-state index contributed by atoms with van der Waals surface area (Å²) < 4.78 is 5.77. The number of pyridine rings is 2. The summed E-state index contributed by atoms with van der Waals surface area (Å²) in [6.07, 6.45) is 4.85. The Hall–Kier alpha value is -3.74. The molecule has 2 heterocycles. The van der Waals surface area contributed by atoms with Crippen LogP contribution in [0.25, 0.3) is 11.1 Å². The van der Waals surface area contributed by atoms with Crippen molar-refractivity contribution in [2.75, 3.05) is 6.54 Å². The maximum Gasteiger partial charge on any atom is 0.322 e. The first-order valence-corrected chi connectivity index (χ1v) is 8.20. The number of benzene rings is 1. The number of ether oxygens (including phenoxy) is 1. The zero-order valence-corrected chi connectivity index (χ0v) is 14.3. The highest BCUT2D eigenvalue weighted by atomic mass is 16.5. The van der Waals surface area contributed by atoms with Crippen molar-refractivity contribution >= 4 is 11.9 Å². The predicted octanol–water partition coefficient (Wildman–Crippen LogP) is 2.54. The van der Waals surface area contributed by atoms with Crippen molar-refractivity contribution in [2.45, 2.75) is 6.61 Å². The number of carbonyl (C=O) groups excluding carboxylic acids is 1. The Kier molecular flexibility index (Phi) is 5.73. The molecule has 7 nitrogen and oxygen atoms in total. The summed E-state index contributed by atoms with van der Waals surface area (Å²) in [5.41, 5.74) is 2.76. The summed E-state index contributed by atoms with van der Waals surface area (Å²) >= 11 is 0. The molecular formula is C20H17N3O4. The van der Waals surface area contributed by atoms with Gasteiger partial charge in [0.05, 0.1) is 6.20 Å². The van der Waals surface area contributed by atoms with Gasteiger partial charge >= 0.3 is 5.97 Å². The summed E-state index contributed by atoms with van der Waals surface area (Å²) in [5, 5.41) is 10.9. The molecule has 1 amide bonds. The second-order valence-corrected chi connectivity index (χ2v) is 5.69. The molecule has 0 bridgehead atoms. The van der Waals surface area contributed by atoms with Gasteiger partial charge in [-0.3, -0.25) is 19.6 Å². The van der Waals surface area contributed by atoms with E-state index < -0.39 is 18.4 Å². The third-order valence-electron chi connectivity index (χ3n) is 3.69. The topological polar surface area (TPSA) is 101 Å². The molecule has 136 valence electrons. The molecule has 0 aliphatic heterocycles. The van der Waals surface area contributed by atoms with Crippen LogP contribution in [0.2, 0.25) is 0 Å². The molecule has 7 heteroatoms. The number of hydrogen-bond acceptors (Lipinski definition) is 5. The van der Waals surface area contributed by atoms with Gasteiger partial charge in [-0.1, -0.05) is 36.4 Å². The molecule has 2 N–H and O–H groups in total. The third kappa shape index (κ3) is 5.12. The molecule has 0 unspecified atom stereocenters. The maximum atomic E-state index is 11.8. The van der Waals surface area contributed by atoms with Gasteiger partial charge in [0.25, 0.3) is 5.91 Å². The van der Waals surface area contributed by atoms with E-state index in [4.69, 9.17) is 9.84 Å². The van der Waals surface area contributed by atoms with Crippen molar-refractivity contribution < 1.29 is 19.4 Å². The molecule has 0 aliphatic carbocycles. The van der Waals surface area contributed by atoms with Crippen LogP contribution < -0.4 is 10.1 Å². The molecule has 1 aromatic carbocycles. The molecule has 3 aromatic rings. The average molecular weight is 363 g/mol. The van der Waals surface area contributed by atoms with Gasteiger partial charge in [0.1, 0.15) is 24.6 Å². The average Bonchev–Trinajstić information content (AvgIpc) is 2.71. The van der Waals surface area contributed by atoms with Crippen LogP contribution in [0.3, 0.4) is 0 Å². The number of amides is 1. The first-order valence-electron chi connectivity index (χ1n) is 8.20. The smallest absolute Gasteiger partial charge is 0.322 e. The van der Waals surface area contributed by atoms with Crippen LogP contribution in [-0.4, -0.2) is 33.5 Å². The molecule has 0 saturated carbocycles. The molecule has 27 heavy (non-hydrogen) atoms. The number of nitrogens with one attached hydrogen (secondary N) is 1. The third-order valence-corrected chi connectivity index (χ3v) is 3.69. The van der Waals surface area contributed by atoms with Crippen molar-refractivity contribution in [2.24, 2.45) is 0 Å². The van der Waals surface area contributed by atoms with Crippen LogP contribution in [0.15, 0.2) is 67.1 Å². The Labute approximate surface area is 155 Å². The summed E-state index contributed by atoms with van der Waals surface area (Å²) in [5.74, 6) is -1.03. The van der Waals surface area contributed by atoms with E-state index in [0.717, 1.165) is 16.7 Å². The Morgan fingerprint density at radius 1 is 1.00 bits per heavy atom. The Morgan fingerprint density at radius 2 is 1.81 bits per heavy atom. The summed E-state index contributed by atoms with van der Waals surface area (Å²) in [4.78, 5) is 30.6. The molecule has 0 fully saturated rings. The lowest BCUT2D eigenvalue weighted by Crippen LogP contribution is -2.29. The molecule has 0 atom stereocenters. The van der Waals surface area contributed by atoms with Gasteiger partial charge in [0, 0.05) is 23.5 Å². The van der Waals surface area contributed by atoms with Crippen molar-refractivity contribution in [1.82, 2.24) is 15.3 Å². The van der Waals surface area contributed by atoms with E-state index in [2.05, 4.69) is 15.3 Å². The molecular weight excluding hydrogens is 346 g/mol. The van der Waals surface area contributed by atoms with E-state index in [1.165, 1.54) is 12.3 Å². The number of carboxylic acid groups (broad SMARTS) is 1. The van der Waals surface area contributed by atoms with Gasteiger partial charge in [-0.15, -0.1) is 0 Å². The van der Waals surface area contributed by atoms with Gasteiger partial charge in [-0.2, -0.15) is 0 Å². The van der Waals surface area contributed by atoms with Crippen LogP contribution in [0.5, 0.6) is 5.75 Å². The SMILES string of the molecule is O=C(O)CNC(=O)c1ccc(-c2cncc(OCc3ccccc3)c2)cn1. The lowest BCUT2D eigenvalue weighted by atomic mass is 10.1. The summed E-state index contributed by atoms with van der Waals surface area (Å²) in [6.45, 7) is -0.0140. The number of nitrogens with zero attached hydrogens (tertiary/aromatic N) is 2. The number of aromatic nitrogens is 2. The fraction of sp³-hybridized carbons (Fsp3) is 0.100. The van der Waals surface area contributed by atoms with Crippen LogP contribution >= 0.6 is 0 Å². The van der Waals surface area contributed by atoms with Crippen LogP contribution in [0, 0.1) is 0 Å². The first kappa shape index (κ1) is 18.1. The van der Waals surface area contributed by atoms with Crippen molar-refractivity contribution in [1.29, 1.82) is 0 Å². The van der Waals surface area contributed by atoms with Crippen LogP contribution in [-0.2, 0) is 11.4 Å². The first-order chi connectivity index (χ1) is 13.1. The quantitative estimate of drug-likeness (QED) is 0.669. The molecule has 3 rings (SSSR count). The Morgan fingerprint density at radius 3 is 2.52 bits per heavy atom. The fourth-order valence-electron chi connectivity index (χ4n) is 2.34. The normalized spacial score (nSPS) is 10.2. The van der Waals surface area contributed by atoms with E-state index >= 15 is 0 Å². The summed E-state index contributed by atoms with van der Waals surface area (Å²) in [7, 11) is 0. The highest BCUT2D eigenvalue weighted by Gasteiger charge is 2.09. The maximum absolute atomic E-state index is 11.8. The predicted molar refractivity (Wildman–Crippen MR) is 98.2 cm³/mol. The minimum Gasteiger partial charge on any atom is -0.487 e. The number of carbonyl (C=O) groups is 2. The fourth-order valence-corrected chi connectivity index (χ4v) is 2.34. The highest BCUT2D eigenvalue weighted by Crippen LogP contribution is 2.22. The highest BCUT2D eigenvalue weighted by molar-refractivity contribution is 5.94. The van der Waals surface area contributed by atoms with E-state index in [0.29, 0.717) is 12.4 Å². The number of rotatable bonds is 7. The number of carboxylic acids is 1. The molecule has 2 aromatic heterocycles. The van der Waals surface area contributed by atoms with Crippen LogP contribution in [0.4, 0.5) is 0 Å². The van der Waals surface area contributed by atoms with Gasteiger partial charge in [0.15, 0.2) is 0 Å². The van der Waals surface area contributed by atoms with Crippen molar-refractivity contribution in [3.63, 3.8) is 0 Å². The van der Waals surface area contributed by atoms with E-state index in [1.807, 2.05) is 36.4 Å². The lowest BCUT2D eigenvalue weighted by Gasteiger charge is -2.08. The van der Waals surface area contributed by atoms with E-state index in [-0.39, 0.29) is 5.69 Å². The monoisotopic (exact) mass is 363 g/mol. The Bertz CT molecular complexity index is 927. The second-order valence-electron chi connectivity index (χ2n) is 5.69. The van der Waals surface area contributed by atoms with Crippen LogP contribution in [0.1, 0.15) is 16.1 Å². The van der Waals surface area contributed by atoms with Crippen molar-refractivity contribution in [3.05, 3.63) is 78.4 Å². The van der Waals surface area contributed by atoms with Gasteiger partial charge < -0.3 is 15.2 Å². The molecule has 0 radical (unpaired) electrons. The van der Waals surface area contributed by atoms with Gasteiger partial charge in [-0.05, 0) is 17.7 Å². The Balaban J connectivity index is 1.67. The molecule has 0 aliphatic rings. The minimum absolute atomic E-state index is 0.143. The lowest BCUT2D eigenvalue weighted by molar-refractivity contribution is -0.135. The standard InChI is InChI=1S/C20H17N3O4/c24-19(25)12-23-20(26)18-7-6-15(10-22-18)16-8-17(11-21-9-16)27-13-14-4-2-1-3-5-14/h1-11H,12-13H2,(H,23,26)(H,24,25). The second kappa shape index (κ2) is 8.57. The van der Waals surface area contributed by atoms with Gasteiger partial charge in [-0.25, -0.2) is 0 Å². The number of aliphatic carboxylic acids is 1.